The molecule has 0 radical (unpaired) electrons. The molecule has 0 aliphatic heterocycles. The molecule has 1 N–H and O–H groups in total. The molecule has 3 aromatic carbocycles. The lowest BCUT2D eigenvalue weighted by Gasteiger charge is -2.16. The van der Waals surface area contributed by atoms with Gasteiger partial charge in [0.25, 0.3) is 0 Å². The molecule has 0 saturated heterocycles. The largest absolute Gasteiger partial charge is 0.354 e. The number of nitrogens with one attached hydrogen (secondary N) is 1. The number of halogens is 1. The van der Waals surface area contributed by atoms with E-state index in [9.17, 15) is 14.5 Å². The predicted octanol–water partition coefficient (Wildman–Crippen LogP) is 5.62. The minimum absolute atomic E-state index is 0.304. The summed E-state index contributed by atoms with van der Waals surface area (Å²) in [6, 6.07) is 22.2. The SMILES string of the molecule is O=[N+]([O-])CC1c2cc(F)ccc2C=C(c2ccccc2)c2[nH]c3ccccc3c21. The molecule has 0 amide bonds. The van der Waals surface area contributed by atoms with Crippen molar-refractivity contribution in [2.45, 2.75) is 5.92 Å². The zero-order valence-electron chi connectivity index (χ0n) is 15.4. The Morgan fingerprint density at radius 2 is 1.76 bits per heavy atom. The number of hydrogen-bond donors (Lipinski definition) is 1. The molecule has 1 heterocycles. The summed E-state index contributed by atoms with van der Waals surface area (Å²) in [6.45, 7) is -0.304. The Hall–Kier alpha value is -3.73. The summed E-state index contributed by atoms with van der Waals surface area (Å²) in [5.41, 5.74) is 5.97. The molecule has 29 heavy (non-hydrogen) atoms. The third-order valence-corrected chi connectivity index (χ3v) is 5.50. The van der Waals surface area contributed by atoms with Crippen molar-refractivity contribution in [2.75, 3.05) is 6.54 Å². The first-order valence-corrected chi connectivity index (χ1v) is 9.41. The van der Waals surface area contributed by atoms with Crippen molar-refractivity contribution in [3.63, 3.8) is 0 Å². The van der Waals surface area contributed by atoms with Crippen molar-refractivity contribution in [3.05, 3.63) is 117 Å². The molecule has 1 unspecified atom stereocenters. The van der Waals surface area contributed by atoms with Crippen LogP contribution in [0.1, 0.15) is 33.9 Å². The van der Waals surface area contributed by atoms with E-state index in [2.05, 4.69) is 4.98 Å². The van der Waals surface area contributed by atoms with Crippen LogP contribution in [0.3, 0.4) is 0 Å². The number of nitro groups is 1. The average Bonchev–Trinajstić information content (AvgIpc) is 3.05. The summed E-state index contributed by atoms with van der Waals surface area (Å²) >= 11 is 0. The highest BCUT2D eigenvalue weighted by Gasteiger charge is 2.32. The Balaban J connectivity index is 1.89. The van der Waals surface area contributed by atoms with E-state index in [1.807, 2.05) is 60.7 Å². The number of rotatable bonds is 3. The van der Waals surface area contributed by atoms with Crippen LogP contribution in [-0.4, -0.2) is 16.5 Å². The van der Waals surface area contributed by atoms with Crippen molar-refractivity contribution in [1.29, 1.82) is 0 Å². The summed E-state index contributed by atoms with van der Waals surface area (Å²) in [7, 11) is 0. The summed E-state index contributed by atoms with van der Waals surface area (Å²) in [4.78, 5) is 14.7. The molecular formula is C24H17FN2O2. The van der Waals surface area contributed by atoms with Crippen molar-refractivity contribution in [1.82, 2.24) is 4.98 Å². The summed E-state index contributed by atoms with van der Waals surface area (Å²) < 4.78 is 14.2. The number of para-hydroxylation sites is 1. The third-order valence-electron chi connectivity index (χ3n) is 5.50. The molecule has 142 valence electrons. The van der Waals surface area contributed by atoms with Crippen LogP contribution in [0, 0.1) is 15.9 Å². The first-order chi connectivity index (χ1) is 14.1. The van der Waals surface area contributed by atoms with Crippen LogP contribution in [0.2, 0.25) is 0 Å². The second kappa shape index (κ2) is 6.71. The van der Waals surface area contributed by atoms with Gasteiger partial charge in [0.1, 0.15) is 5.82 Å². The number of aromatic amines is 1. The van der Waals surface area contributed by atoms with E-state index in [1.165, 1.54) is 12.1 Å². The molecule has 0 saturated carbocycles. The lowest BCUT2D eigenvalue weighted by Crippen LogP contribution is -2.15. The van der Waals surface area contributed by atoms with Crippen molar-refractivity contribution < 1.29 is 9.31 Å². The highest BCUT2D eigenvalue weighted by Crippen LogP contribution is 2.43. The van der Waals surface area contributed by atoms with Gasteiger partial charge in [-0.3, -0.25) is 10.1 Å². The Labute approximate surface area is 166 Å². The molecule has 1 aromatic heterocycles. The number of nitrogens with zero attached hydrogens (tertiary/aromatic N) is 1. The third kappa shape index (κ3) is 2.91. The van der Waals surface area contributed by atoms with Crippen molar-refractivity contribution >= 4 is 22.6 Å². The van der Waals surface area contributed by atoms with Crippen LogP contribution in [0.15, 0.2) is 72.8 Å². The zero-order valence-corrected chi connectivity index (χ0v) is 15.4. The topological polar surface area (TPSA) is 58.9 Å². The van der Waals surface area contributed by atoms with E-state index in [4.69, 9.17) is 0 Å². The molecule has 1 aliphatic rings. The Morgan fingerprint density at radius 3 is 2.55 bits per heavy atom. The lowest BCUT2D eigenvalue weighted by molar-refractivity contribution is -0.481. The monoisotopic (exact) mass is 384 g/mol. The number of hydrogen-bond acceptors (Lipinski definition) is 2. The fourth-order valence-electron chi connectivity index (χ4n) is 4.28. The maximum Gasteiger partial charge on any atom is 0.214 e. The van der Waals surface area contributed by atoms with E-state index in [0.717, 1.165) is 38.9 Å². The van der Waals surface area contributed by atoms with E-state index < -0.39 is 11.7 Å². The number of aromatic nitrogens is 1. The standard InChI is InChI=1S/C24H17FN2O2/c25-17-11-10-16-12-20(15-6-2-1-3-7-15)24-23(18-8-4-5-9-22(18)26-24)21(14-27(28)29)19(16)13-17/h1-13,21,26H,14H2. The van der Waals surface area contributed by atoms with E-state index in [1.54, 1.807) is 6.07 Å². The van der Waals surface area contributed by atoms with Crippen LogP contribution >= 0.6 is 0 Å². The van der Waals surface area contributed by atoms with Gasteiger partial charge in [-0.2, -0.15) is 0 Å². The first-order valence-electron chi connectivity index (χ1n) is 9.41. The second-order valence-corrected chi connectivity index (χ2v) is 7.22. The second-order valence-electron chi connectivity index (χ2n) is 7.22. The van der Waals surface area contributed by atoms with Crippen LogP contribution in [0.5, 0.6) is 0 Å². The molecule has 5 heteroatoms. The number of benzene rings is 3. The van der Waals surface area contributed by atoms with Gasteiger partial charge in [-0.05, 0) is 46.5 Å². The fraction of sp³-hybridized carbons (Fsp3) is 0.0833. The van der Waals surface area contributed by atoms with Gasteiger partial charge in [0.05, 0.1) is 11.6 Å². The molecule has 4 aromatic rings. The number of H-pyrrole nitrogens is 1. The Bertz CT molecular complexity index is 1270. The summed E-state index contributed by atoms with van der Waals surface area (Å²) in [5.74, 6) is -0.950. The predicted molar refractivity (Wildman–Crippen MR) is 112 cm³/mol. The molecule has 1 atom stereocenters. The smallest absolute Gasteiger partial charge is 0.214 e. The van der Waals surface area contributed by atoms with Crippen molar-refractivity contribution in [3.8, 4) is 0 Å². The lowest BCUT2D eigenvalue weighted by atomic mass is 9.87. The zero-order chi connectivity index (χ0) is 20.0. The first kappa shape index (κ1) is 17.4. The highest BCUT2D eigenvalue weighted by molar-refractivity contribution is 6.00. The van der Waals surface area contributed by atoms with E-state index in [-0.39, 0.29) is 11.5 Å². The molecule has 0 fully saturated rings. The highest BCUT2D eigenvalue weighted by atomic mass is 19.1. The fourth-order valence-corrected chi connectivity index (χ4v) is 4.28. The van der Waals surface area contributed by atoms with Gasteiger partial charge in [0, 0.05) is 21.4 Å². The average molecular weight is 384 g/mol. The van der Waals surface area contributed by atoms with Crippen LogP contribution in [0.4, 0.5) is 4.39 Å². The van der Waals surface area contributed by atoms with Crippen molar-refractivity contribution in [2.24, 2.45) is 0 Å². The maximum atomic E-state index is 14.2. The minimum Gasteiger partial charge on any atom is -0.354 e. The van der Waals surface area contributed by atoms with E-state index in [0.29, 0.717) is 5.56 Å². The minimum atomic E-state index is -0.556. The summed E-state index contributed by atoms with van der Waals surface area (Å²) in [5, 5.41) is 12.5. The number of fused-ring (bicyclic) bond motifs is 4. The molecule has 0 spiro atoms. The van der Waals surface area contributed by atoms with Gasteiger partial charge in [-0.25, -0.2) is 4.39 Å². The molecule has 4 nitrogen and oxygen atoms in total. The summed E-state index contributed by atoms with van der Waals surface area (Å²) in [6.07, 6.45) is 2.00. The Morgan fingerprint density at radius 1 is 1.00 bits per heavy atom. The van der Waals surface area contributed by atoms with Crippen LogP contribution in [0.25, 0.3) is 22.6 Å². The van der Waals surface area contributed by atoms with Crippen LogP contribution < -0.4 is 0 Å². The van der Waals surface area contributed by atoms with Gasteiger partial charge in [-0.15, -0.1) is 0 Å². The van der Waals surface area contributed by atoms with Gasteiger partial charge >= 0.3 is 0 Å². The molecule has 0 bridgehead atoms. The quantitative estimate of drug-likeness (QED) is 0.368. The molecule has 1 aliphatic carbocycles. The van der Waals surface area contributed by atoms with Crippen LogP contribution in [-0.2, 0) is 0 Å². The van der Waals surface area contributed by atoms with Gasteiger partial charge in [0.2, 0.25) is 6.54 Å². The maximum absolute atomic E-state index is 14.2. The van der Waals surface area contributed by atoms with Gasteiger partial charge in [-0.1, -0.05) is 54.6 Å². The normalized spacial score (nSPS) is 15.3. The van der Waals surface area contributed by atoms with Gasteiger partial charge < -0.3 is 4.98 Å². The van der Waals surface area contributed by atoms with E-state index >= 15 is 0 Å². The molecular weight excluding hydrogens is 367 g/mol. The van der Waals surface area contributed by atoms with Gasteiger partial charge in [0.15, 0.2) is 0 Å². The molecule has 5 rings (SSSR count). The Kier molecular flexibility index (Phi) is 4.02.